The van der Waals surface area contributed by atoms with Crippen molar-refractivity contribution >= 4 is 70.5 Å². The molecule has 0 bridgehead atoms. The van der Waals surface area contributed by atoms with Crippen molar-refractivity contribution in [3.05, 3.63) is 143 Å². The quantitative estimate of drug-likeness (QED) is 0.123. The van der Waals surface area contributed by atoms with Gasteiger partial charge >= 0.3 is 53.5 Å². The number of hydrogen-bond acceptors (Lipinski definition) is 2. The standard InChI is InChI=1S/2C25H27OSi.C2H6Si.2ClH.Zr/c2*1-16-13-20-14-21(24-12-7-17(2)26-24)15-23(20)25(18(16)3)19-8-10-22(11-9-19)27(4,5)6;1-3-2;;;/h2*7-15H,1-6H3;1-2H3;2*1H;/q2*-1;;;;+2/p-2. The number of hydrogen-bond donors (Lipinski definition) is 0. The zero-order chi connectivity index (χ0) is 43.8. The molecule has 0 aliphatic heterocycles. The first-order chi connectivity index (χ1) is 28.1. The summed E-state index contributed by atoms with van der Waals surface area (Å²) in [5, 5.41) is 8.19. The first-order valence-corrected chi connectivity index (χ1v) is 40.4. The van der Waals surface area contributed by atoms with E-state index in [2.05, 4.69) is 177 Å². The molecule has 60 heavy (non-hydrogen) atoms. The van der Waals surface area contributed by atoms with Crippen LogP contribution >= 0.6 is 17.0 Å². The van der Waals surface area contributed by atoms with Gasteiger partial charge in [-0.25, -0.2) is 0 Å². The minimum Gasteiger partial charge on any atom is -0.496 e. The Kier molecular flexibility index (Phi) is 14.4. The van der Waals surface area contributed by atoms with E-state index in [1.165, 1.54) is 76.4 Å². The topological polar surface area (TPSA) is 26.3 Å². The van der Waals surface area contributed by atoms with Gasteiger partial charge in [0.15, 0.2) is 0 Å². The predicted molar refractivity (Wildman–Crippen MR) is 269 cm³/mol. The fourth-order valence-corrected chi connectivity index (χ4v) is 10.0. The van der Waals surface area contributed by atoms with Crippen molar-refractivity contribution in [3.8, 4) is 44.9 Å². The fraction of sp³-hybridized carbons (Fsp3) is 0.269. The number of aryl methyl sites for hydroxylation is 4. The van der Waals surface area contributed by atoms with Crippen LogP contribution in [0.1, 0.15) is 33.8 Å². The van der Waals surface area contributed by atoms with Gasteiger partial charge in [-0.05, 0) is 88.1 Å². The van der Waals surface area contributed by atoms with E-state index in [0.717, 1.165) is 34.2 Å². The van der Waals surface area contributed by atoms with E-state index in [9.17, 15) is 0 Å². The molecule has 0 N–H and O–H groups in total. The summed E-state index contributed by atoms with van der Waals surface area (Å²) in [4.78, 5) is 0. The molecule has 0 spiro atoms. The Morgan fingerprint density at radius 2 is 0.833 bits per heavy atom. The molecule has 0 fully saturated rings. The Balaban J connectivity index is 0.000000177. The second-order valence-electron chi connectivity index (χ2n) is 18.6. The molecule has 8 heteroatoms. The van der Waals surface area contributed by atoms with Crippen LogP contribution in [-0.2, 0) is 18.0 Å². The van der Waals surface area contributed by atoms with Gasteiger partial charge in [0.1, 0.15) is 0 Å². The van der Waals surface area contributed by atoms with Crippen LogP contribution in [0.4, 0.5) is 0 Å². The van der Waals surface area contributed by atoms with Gasteiger partial charge in [0.25, 0.3) is 0 Å². The summed E-state index contributed by atoms with van der Waals surface area (Å²) >= 11 is -1.65. The maximum atomic E-state index is 5.86. The molecule has 0 aliphatic rings. The van der Waals surface area contributed by atoms with Crippen molar-refractivity contribution in [1.29, 1.82) is 0 Å². The molecule has 312 valence electrons. The second-order valence-corrected chi connectivity index (χ2v) is 51.8. The largest absolute Gasteiger partial charge is 0.496 e. The normalized spacial score (nSPS) is 11.7. The van der Waals surface area contributed by atoms with Crippen LogP contribution in [0.5, 0.6) is 0 Å². The van der Waals surface area contributed by atoms with Crippen molar-refractivity contribution in [3.63, 3.8) is 0 Å². The van der Waals surface area contributed by atoms with Gasteiger partial charge < -0.3 is 8.83 Å². The molecule has 8 rings (SSSR count). The number of rotatable bonds is 6. The third-order valence-electron chi connectivity index (χ3n) is 11.6. The van der Waals surface area contributed by atoms with E-state index in [-0.39, 0.29) is 5.43 Å². The first kappa shape index (κ1) is 46.3. The third kappa shape index (κ3) is 10.5. The molecule has 2 nitrogen and oxygen atoms in total. The third-order valence-corrected chi connectivity index (χ3v) is 35.4. The Hall–Kier alpha value is -3.23. The number of furan rings is 2. The first-order valence-electron chi connectivity index (χ1n) is 20.9. The van der Waals surface area contributed by atoms with Crippen LogP contribution in [0.25, 0.3) is 66.4 Å². The SMILES string of the molecule is C[Si](C)=[Zr]([Cl])[Cl].Cc1ccc(-c2cc3c(-c4ccc([Si](C)(C)C)cc4)c(C)c(C)cc3[cH-]2)o1.Cc1ccc(-c2cc3c(-c4ccc([Si](C)(C)C)cc4)c(C)c(C)cc3[cH-]2)o1. The summed E-state index contributed by atoms with van der Waals surface area (Å²) in [6, 6.07) is 40.4. The average Bonchev–Trinajstić information content (AvgIpc) is 4.00. The monoisotopic (exact) mass is 960 g/mol. The minimum atomic E-state index is -1.65. The maximum absolute atomic E-state index is 5.86. The number of benzene rings is 4. The Morgan fingerprint density at radius 3 is 1.10 bits per heavy atom. The van der Waals surface area contributed by atoms with Gasteiger partial charge in [-0.3, -0.25) is 0 Å². The molecule has 8 aromatic rings. The van der Waals surface area contributed by atoms with E-state index in [4.69, 9.17) is 25.9 Å². The molecule has 0 aliphatic carbocycles. The molecule has 0 unspecified atom stereocenters. The van der Waals surface area contributed by atoms with Crippen molar-refractivity contribution < 1.29 is 26.8 Å². The summed E-state index contributed by atoms with van der Waals surface area (Å²) < 4.78 is 11.7. The Bertz CT molecular complexity index is 2620. The smallest absolute Gasteiger partial charge is 0.0896 e. The summed E-state index contributed by atoms with van der Waals surface area (Å²) in [6.07, 6.45) is 0. The molecule has 0 saturated heterocycles. The summed E-state index contributed by atoms with van der Waals surface area (Å²) in [5.41, 5.74) is 12.8. The van der Waals surface area contributed by atoms with E-state index >= 15 is 0 Å². The van der Waals surface area contributed by atoms with Crippen LogP contribution in [0.2, 0.25) is 52.4 Å². The Morgan fingerprint density at radius 1 is 0.500 bits per heavy atom. The molecular weight excluding hydrogens is 903 g/mol. The average molecular weight is 963 g/mol. The summed E-state index contributed by atoms with van der Waals surface area (Å²) in [5.74, 6) is 3.78. The zero-order valence-electron chi connectivity index (χ0n) is 38.0. The summed E-state index contributed by atoms with van der Waals surface area (Å²) in [7, 11) is 8.67. The minimum absolute atomic E-state index is 0.224. The zero-order valence-corrected chi connectivity index (χ0v) is 44.9. The van der Waals surface area contributed by atoms with Gasteiger partial charge in [0, 0.05) is 0 Å². The molecule has 0 amide bonds. The van der Waals surface area contributed by atoms with Crippen molar-refractivity contribution in [2.24, 2.45) is 0 Å². The van der Waals surface area contributed by atoms with Gasteiger partial charge in [-0.1, -0.05) is 132 Å². The predicted octanol–water partition coefficient (Wildman–Crippen LogP) is 16.1. The van der Waals surface area contributed by atoms with Gasteiger partial charge in [0.2, 0.25) is 0 Å². The van der Waals surface area contributed by atoms with Gasteiger partial charge in [-0.2, -0.15) is 0 Å². The van der Waals surface area contributed by atoms with E-state index < -0.39 is 34.1 Å². The van der Waals surface area contributed by atoms with Gasteiger partial charge in [0.05, 0.1) is 39.2 Å². The van der Waals surface area contributed by atoms with Crippen molar-refractivity contribution in [1.82, 2.24) is 0 Å². The van der Waals surface area contributed by atoms with Crippen molar-refractivity contribution in [2.45, 2.75) is 93.9 Å². The van der Waals surface area contributed by atoms with Crippen LogP contribution in [0, 0.1) is 41.5 Å². The van der Waals surface area contributed by atoms with E-state index in [1.54, 1.807) is 0 Å². The van der Waals surface area contributed by atoms with E-state index in [1.807, 2.05) is 26.0 Å². The Labute approximate surface area is 376 Å². The van der Waals surface area contributed by atoms with Crippen LogP contribution < -0.4 is 10.4 Å². The van der Waals surface area contributed by atoms with Crippen LogP contribution in [0.15, 0.2) is 118 Å². The molecular formula is C52H60Cl2O2Si3Zr-2. The maximum Gasteiger partial charge on any atom is 0.0896 e. The molecule has 0 atom stereocenters. The molecule has 6 aromatic carbocycles. The van der Waals surface area contributed by atoms with Gasteiger partial charge in [-0.15, -0.1) is 57.9 Å². The number of fused-ring (bicyclic) bond motifs is 2. The van der Waals surface area contributed by atoms with Crippen molar-refractivity contribution in [2.75, 3.05) is 0 Å². The molecule has 0 saturated carbocycles. The van der Waals surface area contributed by atoms with Crippen LogP contribution in [0.3, 0.4) is 0 Å². The summed E-state index contributed by atoms with van der Waals surface area (Å²) in [6.45, 7) is 31.6. The van der Waals surface area contributed by atoms with E-state index in [0.29, 0.717) is 0 Å². The van der Waals surface area contributed by atoms with Crippen LogP contribution in [-0.4, -0.2) is 21.6 Å². The fourth-order valence-electron chi connectivity index (χ4n) is 7.69. The number of halogens is 2. The molecule has 0 radical (unpaired) electrons. The molecule has 2 heterocycles. The molecule has 2 aromatic heterocycles. The second kappa shape index (κ2) is 18.6.